The molecule has 0 bridgehead atoms. The number of hydrogen-bond acceptors (Lipinski definition) is 6. The smallest absolute Gasteiger partial charge is 0.226 e. The quantitative estimate of drug-likeness (QED) is 0.206. The summed E-state index contributed by atoms with van der Waals surface area (Å²) in [6, 6.07) is 32.3. The van der Waals surface area contributed by atoms with Crippen molar-refractivity contribution in [1.29, 1.82) is 5.26 Å². The molecule has 0 aliphatic heterocycles. The zero-order valence-electron chi connectivity index (χ0n) is 20.7. The van der Waals surface area contributed by atoms with Gasteiger partial charge in [-0.2, -0.15) is 5.26 Å². The van der Waals surface area contributed by atoms with E-state index in [0.29, 0.717) is 21.5 Å². The number of benzene rings is 3. The Bertz CT molecular complexity index is 1590. The van der Waals surface area contributed by atoms with Crippen LogP contribution in [-0.4, -0.2) is 21.6 Å². The van der Waals surface area contributed by atoms with Crippen molar-refractivity contribution in [2.24, 2.45) is 0 Å². The molecule has 0 aliphatic rings. The van der Waals surface area contributed by atoms with Gasteiger partial charge in [-0.25, -0.2) is 9.97 Å². The molecule has 5 nitrogen and oxygen atoms in total. The SMILES string of the molecule is Cc1ccc(-c2cc(-c3ccccc3)nc(SCCC(=O)Nc3nc(-c4ccccc4)cs3)c2C#N)cc1. The second-order valence-electron chi connectivity index (χ2n) is 8.63. The van der Waals surface area contributed by atoms with E-state index in [1.54, 1.807) is 0 Å². The van der Waals surface area contributed by atoms with E-state index in [2.05, 4.69) is 16.4 Å². The largest absolute Gasteiger partial charge is 0.302 e. The van der Waals surface area contributed by atoms with E-state index in [0.717, 1.165) is 39.2 Å². The molecule has 0 radical (unpaired) electrons. The Morgan fingerprint density at radius 1 is 0.895 bits per heavy atom. The molecule has 0 fully saturated rings. The molecular formula is C31H24N4OS2. The number of thiazole rings is 1. The van der Waals surface area contributed by atoms with E-state index in [9.17, 15) is 10.1 Å². The van der Waals surface area contributed by atoms with E-state index >= 15 is 0 Å². The Morgan fingerprint density at radius 2 is 1.55 bits per heavy atom. The van der Waals surface area contributed by atoms with Gasteiger partial charge in [0.15, 0.2) is 5.13 Å². The normalized spacial score (nSPS) is 10.6. The van der Waals surface area contributed by atoms with Crippen LogP contribution in [0.5, 0.6) is 0 Å². The molecule has 5 aromatic rings. The van der Waals surface area contributed by atoms with Gasteiger partial charge in [-0.1, -0.05) is 90.5 Å². The summed E-state index contributed by atoms with van der Waals surface area (Å²) in [7, 11) is 0. The minimum Gasteiger partial charge on any atom is -0.302 e. The van der Waals surface area contributed by atoms with Crippen LogP contribution < -0.4 is 5.32 Å². The van der Waals surface area contributed by atoms with Crippen LogP contribution in [0.15, 0.2) is 101 Å². The minimum atomic E-state index is -0.122. The maximum absolute atomic E-state index is 12.7. The van der Waals surface area contributed by atoms with Crippen molar-refractivity contribution in [2.45, 2.75) is 18.4 Å². The Hall–Kier alpha value is -4.25. The third-order valence-corrected chi connectivity index (χ3v) is 7.65. The lowest BCUT2D eigenvalue weighted by atomic mass is 9.98. The molecular weight excluding hydrogens is 509 g/mol. The lowest BCUT2D eigenvalue weighted by Crippen LogP contribution is -2.12. The molecule has 1 amide bonds. The summed E-state index contributed by atoms with van der Waals surface area (Å²) in [6.07, 6.45) is 0.271. The van der Waals surface area contributed by atoms with Gasteiger partial charge < -0.3 is 5.32 Å². The first kappa shape index (κ1) is 25.4. The van der Waals surface area contributed by atoms with Crippen molar-refractivity contribution in [2.75, 3.05) is 11.1 Å². The zero-order chi connectivity index (χ0) is 26.3. The molecule has 1 N–H and O–H groups in total. The fourth-order valence-corrected chi connectivity index (χ4v) is 5.63. The predicted molar refractivity (Wildman–Crippen MR) is 156 cm³/mol. The maximum Gasteiger partial charge on any atom is 0.226 e. The topological polar surface area (TPSA) is 78.7 Å². The fourth-order valence-electron chi connectivity index (χ4n) is 3.95. The number of carbonyl (C=O) groups is 1. The highest BCUT2D eigenvalue weighted by Gasteiger charge is 2.17. The molecule has 5 rings (SSSR count). The third kappa shape index (κ3) is 6.00. The van der Waals surface area contributed by atoms with E-state index in [1.165, 1.54) is 23.1 Å². The molecule has 0 unspecified atom stereocenters. The van der Waals surface area contributed by atoms with Gasteiger partial charge >= 0.3 is 0 Å². The summed E-state index contributed by atoms with van der Waals surface area (Å²) in [5.74, 6) is 0.360. The van der Waals surface area contributed by atoms with Crippen LogP contribution in [0.3, 0.4) is 0 Å². The Balaban J connectivity index is 1.33. The van der Waals surface area contributed by atoms with Gasteiger partial charge in [0.05, 0.1) is 17.0 Å². The maximum atomic E-state index is 12.7. The number of carbonyl (C=O) groups excluding carboxylic acids is 1. The van der Waals surface area contributed by atoms with Gasteiger partial charge in [-0.15, -0.1) is 23.1 Å². The minimum absolute atomic E-state index is 0.122. The highest BCUT2D eigenvalue weighted by molar-refractivity contribution is 7.99. The first-order valence-electron chi connectivity index (χ1n) is 12.1. The fraction of sp³-hybridized carbons (Fsp3) is 0.0968. The molecule has 2 heterocycles. The van der Waals surface area contributed by atoms with Gasteiger partial charge in [-0.05, 0) is 18.6 Å². The van der Waals surface area contributed by atoms with Crippen LogP contribution in [-0.2, 0) is 4.79 Å². The lowest BCUT2D eigenvalue weighted by molar-refractivity contribution is -0.115. The van der Waals surface area contributed by atoms with Crippen molar-refractivity contribution in [3.63, 3.8) is 0 Å². The van der Waals surface area contributed by atoms with Crippen LogP contribution >= 0.6 is 23.1 Å². The number of anilines is 1. The molecule has 0 aliphatic carbocycles. The summed E-state index contributed by atoms with van der Waals surface area (Å²) in [6.45, 7) is 2.04. The molecule has 2 aromatic heterocycles. The van der Waals surface area contributed by atoms with E-state index in [1.807, 2.05) is 103 Å². The highest BCUT2D eigenvalue weighted by atomic mass is 32.2. The number of pyridine rings is 1. The number of nitriles is 1. The second kappa shape index (κ2) is 11.9. The van der Waals surface area contributed by atoms with Crippen molar-refractivity contribution in [1.82, 2.24) is 9.97 Å². The lowest BCUT2D eigenvalue weighted by Gasteiger charge is -2.13. The van der Waals surface area contributed by atoms with Crippen LogP contribution in [0.2, 0.25) is 0 Å². The number of rotatable bonds is 8. The van der Waals surface area contributed by atoms with Crippen molar-refractivity contribution >= 4 is 34.1 Å². The predicted octanol–water partition coefficient (Wildman–Crippen LogP) is 7.84. The average Bonchev–Trinajstić information content (AvgIpc) is 3.42. The van der Waals surface area contributed by atoms with Crippen molar-refractivity contribution in [3.05, 3.63) is 108 Å². The first-order valence-corrected chi connectivity index (χ1v) is 14.0. The van der Waals surface area contributed by atoms with Gasteiger partial charge in [0.1, 0.15) is 11.1 Å². The Labute approximate surface area is 230 Å². The number of nitrogens with one attached hydrogen (secondary N) is 1. The first-order chi connectivity index (χ1) is 18.6. The third-order valence-electron chi connectivity index (χ3n) is 5.92. The molecule has 186 valence electrons. The number of thioether (sulfide) groups is 1. The number of aromatic nitrogens is 2. The van der Waals surface area contributed by atoms with E-state index in [4.69, 9.17) is 4.98 Å². The molecule has 3 aromatic carbocycles. The zero-order valence-corrected chi connectivity index (χ0v) is 22.4. The van der Waals surface area contributed by atoms with Crippen molar-refractivity contribution < 1.29 is 4.79 Å². The number of nitrogens with zero attached hydrogens (tertiary/aromatic N) is 3. The molecule has 7 heteroatoms. The number of aryl methyl sites for hydroxylation is 1. The Morgan fingerprint density at radius 3 is 2.21 bits per heavy atom. The summed E-state index contributed by atoms with van der Waals surface area (Å²) in [5, 5.41) is 16.1. The highest BCUT2D eigenvalue weighted by Crippen LogP contribution is 2.34. The molecule has 0 spiro atoms. The van der Waals surface area contributed by atoms with E-state index in [-0.39, 0.29) is 12.3 Å². The summed E-state index contributed by atoms with van der Waals surface area (Å²) in [5.41, 5.74) is 7.09. The number of hydrogen-bond donors (Lipinski definition) is 1. The number of amides is 1. The Kier molecular flexibility index (Phi) is 7.93. The van der Waals surface area contributed by atoms with Crippen LogP contribution in [0.25, 0.3) is 33.6 Å². The average molecular weight is 533 g/mol. The van der Waals surface area contributed by atoms with Gasteiger partial charge in [-0.3, -0.25) is 4.79 Å². The molecule has 38 heavy (non-hydrogen) atoms. The van der Waals surface area contributed by atoms with Gasteiger partial charge in [0, 0.05) is 34.2 Å². The van der Waals surface area contributed by atoms with Crippen LogP contribution in [0.4, 0.5) is 5.13 Å². The van der Waals surface area contributed by atoms with Crippen LogP contribution in [0.1, 0.15) is 17.5 Å². The molecule has 0 saturated heterocycles. The van der Waals surface area contributed by atoms with E-state index < -0.39 is 0 Å². The standard InChI is InChI=1S/C31H24N4OS2/c1-21-12-14-22(15-13-21)25-18-27(23-8-4-2-5-9-23)33-30(26(25)19-32)37-17-16-29(36)35-31-34-28(20-38-31)24-10-6-3-7-11-24/h2-15,18,20H,16-17H2,1H3,(H,34,35,36). The molecule has 0 saturated carbocycles. The van der Waals surface area contributed by atoms with Gasteiger partial charge in [0.25, 0.3) is 0 Å². The summed E-state index contributed by atoms with van der Waals surface area (Å²) in [4.78, 5) is 22.0. The van der Waals surface area contributed by atoms with Crippen LogP contribution in [0, 0.1) is 18.3 Å². The molecule has 0 atom stereocenters. The summed E-state index contributed by atoms with van der Waals surface area (Å²) >= 11 is 2.83. The summed E-state index contributed by atoms with van der Waals surface area (Å²) < 4.78 is 0. The van der Waals surface area contributed by atoms with Crippen molar-refractivity contribution in [3.8, 4) is 39.7 Å². The van der Waals surface area contributed by atoms with Gasteiger partial charge in [0.2, 0.25) is 5.91 Å². The second-order valence-corrected chi connectivity index (χ2v) is 10.6. The monoisotopic (exact) mass is 532 g/mol.